The molecule has 0 aliphatic carbocycles. The van der Waals surface area contributed by atoms with Crippen molar-refractivity contribution in [1.29, 1.82) is 0 Å². The van der Waals surface area contributed by atoms with Gasteiger partial charge in [0, 0.05) is 19.2 Å². The second-order valence-electron chi connectivity index (χ2n) is 5.69. The fourth-order valence-electron chi connectivity index (χ4n) is 2.29. The Kier molecular flexibility index (Phi) is 5.96. The van der Waals surface area contributed by atoms with E-state index >= 15 is 0 Å². The Morgan fingerprint density at radius 1 is 1.39 bits per heavy atom. The molecule has 1 N–H and O–H groups in total. The standard InChI is InChI=1S/C16H14ClF2N3O5S/c1-25-7-16(18,19)8-26-14-5-10(15(23)24)22(20-14)6-9-4-11(27-21-9)12-2-3-13(17)28-12/h2-5H,6-8H2,1H3,(H,23,24). The molecule has 12 heteroatoms. The zero-order valence-corrected chi connectivity index (χ0v) is 16.0. The van der Waals surface area contributed by atoms with E-state index < -0.39 is 25.1 Å². The number of alkyl halides is 2. The van der Waals surface area contributed by atoms with Crippen LogP contribution in [0.25, 0.3) is 10.6 Å². The Morgan fingerprint density at radius 2 is 2.18 bits per heavy atom. The van der Waals surface area contributed by atoms with Gasteiger partial charge in [-0.05, 0) is 12.1 Å². The molecule has 8 nitrogen and oxygen atoms in total. The molecule has 0 aliphatic heterocycles. The van der Waals surface area contributed by atoms with Crippen LogP contribution in [0.5, 0.6) is 5.88 Å². The summed E-state index contributed by atoms with van der Waals surface area (Å²) in [5.41, 5.74) is 0.148. The summed E-state index contributed by atoms with van der Waals surface area (Å²) >= 11 is 7.19. The van der Waals surface area contributed by atoms with Gasteiger partial charge in [0.1, 0.15) is 12.3 Å². The Bertz CT molecular complexity index is 971. The van der Waals surface area contributed by atoms with E-state index in [2.05, 4.69) is 15.0 Å². The van der Waals surface area contributed by atoms with Gasteiger partial charge in [0.25, 0.3) is 0 Å². The van der Waals surface area contributed by atoms with Crippen LogP contribution < -0.4 is 4.74 Å². The molecular weight excluding hydrogens is 420 g/mol. The molecule has 150 valence electrons. The van der Waals surface area contributed by atoms with Gasteiger partial charge < -0.3 is 19.1 Å². The van der Waals surface area contributed by atoms with E-state index in [0.717, 1.165) is 22.7 Å². The SMILES string of the molecule is COCC(F)(F)COc1cc(C(=O)O)n(Cc2cc(-c3ccc(Cl)s3)on2)n1. The minimum absolute atomic E-state index is 0.0535. The van der Waals surface area contributed by atoms with E-state index in [0.29, 0.717) is 15.8 Å². The molecule has 0 fully saturated rings. The molecule has 3 aromatic heterocycles. The molecule has 28 heavy (non-hydrogen) atoms. The lowest BCUT2D eigenvalue weighted by molar-refractivity contribution is -0.0918. The summed E-state index contributed by atoms with van der Waals surface area (Å²) in [4.78, 5) is 12.2. The molecule has 0 aromatic carbocycles. The maximum atomic E-state index is 13.5. The number of rotatable bonds is 9. The lowest BCUT2D eigenvalue weighted by Gasteiger charge is -2.14. The van der Waals surface area contributed by atoms with Gasteiger partial charge in [-0.3, -0.25) is 0 Å². The molecule has 0 aliphatic rings. The van der Waals surface area contributed by atoms with Crippen LogP contribution in [0.3, 0.4) is 0 Å². The first-order valence-electron chi connectivity index (χ1n) is 7.79. The lowest BCUT2D eigenvalue weighted by Crippen LogP contribution is -2.30. The first-order valence-corrected chi connectivity index (χ1v) is 8.99. The van der Waals surface area contributed by atoms with E-state index in [-0.39, 0.29) is 18.1 Å². The fraction of sp³-hybridized carbons (Fsp3) is 0.312. The number of ether oxygens (including phenoxy) is 2. The van der Waals surface area contributed by atoms with Gasteiger partial charge in [0.2, 0.25) is 5.88 Å². The third kappa shape index (κ3) is 4.86. The van der Waals surface area contributed by atoms with Crippen LogP contribution in [0, 0.1) is 0 Å². The first-order chi connectivity index (χ1) is 13.3. The van der Waals surface area contributed by atoms with Gasteiger partial charge in [-0.25, -0.2) is 18.3 Å². The minimum Gasteiger partial charge on any atom is -0.477 e. The predicted octanol–water partition coefficient (Wildman–Crippen LogP) is 3.66. The molecule has 0 atom stereocenters. The quantitative estimate of drug-likeness (QED) is 0.549. The summed E-state index contributed by atoms with van der Waals surface area (Å²) in [7, 11) is 1.14. The molecule has 3 rings (SSSR count). The Hall–Kier alpha value is -2.50. The van der Waals surface area contributed by atoms with Gasteiger partial charge in [-0.2, -0.15) is 0 Å². The highest BCUT2D eigenvalue weighted by Gasteiger charge is 2.31. The average Bonchev–Trinajstić information content (AvgIpc) is 3.33. The van der Waals surface area contributed by atoms with Crippen LogP contribution in [-0.2, 0) is 11.3 Å². The Balaban J connectivity index is 1.75. The van der Waals surface area contributed by atoms with E-state index in [1.807, 2.05) is 0 Å². The van der Waals surface area contributed by atoms with Gasteiger partial charge in [-0.15, -0.1) is 16.4 Å². The Labute approximate surface area is 166 Å². The number of carboxylic acid groups (broad SMARTS) is 1. The number of methoxy groups -OCH3 is 1. The van der Waals surface area contributed by atoms with E-state index in [9.17, 15) is 18.7 Å². The van der Waals surface area contributed by atoms with E-state index in [1.165, 1.54) is 11.3 Å². The molecule has 0 saturated carbocycles. The van der Waals surface area contributed by atoms with Crippen molar-refractivity contribution >= 4 is 28.9 Å². The van der Waals surface area contributed by atoms with E-state index in [4.69, 9.17) is 20.9 Å². The summed E-state index contributed by atoms with van der Waals surface area (Å²) < 4.78 is 43.1. The number of nitrogens with zero attached hydrogens (tertiary/aromatic N) is 3. The van der Waals surface area contributed by atoms with Crippen molar-refractivity contribution in [3.8, 4) is 16.5 Å². The van der Waals surface area contributed by atoms with Gasteiger partial charge in [0.05, 0.1) is 15.8 Å². The van der Waals surface area contributed by atoms with Crippen molar-refractivity contribution in [2.24, 2.45) is 0 Å². The van der Waals surface area contributed by atoms with Crippen molar-refractivity contribution in [3.05, 3.63) is 40.0 Å². The normalized spacial score (nSPS) is 11.7. The molecule has 0 unspecified atom stereocenters. The van der Waals surface area contributed by atoms with Crippen LogP contribution in [-0.4, -0.2) is 52.3 Å². The van der Waals surface area contributed by atoms with Crippen LogP contribution in [0.1, 0.15) is 16.2 Å². The molecule has 3 heterocycles. The monoisotopic (exact) mass is 433 g/mol. The molecule has 0 bridgehead atoms. The van der Waals surface area contributed by atoms with Crippen LogP contribution >= 0.6 is 22.9 Å². The number of hydrogen-bond donors (Lipinski definition) is 1. The van der Waals surface area contributed by atoms with Crippen molar-refractivity contribution in [1.82, 2.24) is 14.9 Å². The largest absolute Gasteiger partial charge is 0.477 e. The third-order valence-corrected chi connectivity index (χ3v) is 4.70. The van der Waals surface area contributed by atoms with Crippen molar-refractivity contribution in [2.45, 2.75) is 12.5 Å². The molecular formula is C16H14ClF2N3O5S. The van der Waals surface area contributed by atoms with Gasteiger partial charge >= 0.3 is 11.9 Å². The summed E-state index contributed by atoms with van der Waals surface area (Å²) in [5.74, 6) is -4.31. The van der Waals surface area contributed by atoms with Crippen molar-refractivity contribution in [2.75, 3.05) is 20.3 Å². The van der Waals surface area contributed by atoms with E-state index in [1.54, 1.807) is 18.2 Å². The molecule has 0 spiro atoms. The van der Waals surface area contributed by atoms with Gasteiger partial charge in [-0.1, -0.05) is 16.8 Å². The Morgan fingerprint density at radius 3 is 2.82 bits per heavy atom. The zero-order valence-electron chi connectivity index (χ0n) is 14.4. The summed E-state index contributed by atoms with van der Waals surface area (Å²) in [6.45, 7) is -1.87. The number of aromatic nitrogens is 3. The summed E-state index contributed by atoms with van der Waals surface area (Å²) in [6.07, 6.45) is 0. The molecule has 3 aromatic rings. The molecule has 0 saturated heterocycles. The lowest BCUT2D eigenvalue weighted by atomic mass is 10.3. The number of aromatic carboxylic acids is 1. The van der Waals surface area contributed by atoms with Crippen molar-refractivity contribution in [3.63, 3.8) is 0 Å². The van der Waals surface area contributed by atoms with Crippen LogP contribution in [0.2, 0.25) is 4.34 Å². The molecule has 0 radical (unpaired) electrons. The third-order valence-electron chi connectivity index (χ3n) is 3.45. The minimum atomic E-state index is -3.23. The fourth-order valence-corrected chi connectivity index (χ4v) is 3.28. The smallest absolute Gasteiger partial charge is 0.354 e. The highest BCUT2D eigenvalue weighted by atomic mass is 35.5. The van der Waals surface area contributed by atoms with Gasteiger partial charge in [0.15, 0.2) is 18.1 Å². The van der Waals surface area contributed by atoms with Crippen molar-refractivity contribution < 1.29 is 32.7 Å². The summed E-state index contributed by atoms with van der Waals surface area (Å²) in [6, 6.07) is 6.15. The first kappa shape index (κ1) is 20.2. The highest BCUT2D eigenvalue weighted by Crippen LogP contribution is 2.31. The summed E-state index contributed by atoms with van der Waals surface area (Å²) in [5, 5.41) is 17.1. The topological polar surface area (TPSA) is 99.6 Å². The highest BCUT2D eigenvalue weighted by molar-refractivity contribution is 7.19. The number of halogens is 3. The second kappa shape index (κ2) is 8.25. The number of carbonyl (C=O) groups is 1. The maximum Gasteiger partial charge on any atom is 0.354 e. The van der Waals surface area contributed by atoms with Crippen LogP contribution in [0.15, 0.2) is 28.8 Å². The molecule has 0 amide bonds. The second-order valence-corrected chi connectivity index (χ2v) is 7.41. The van der Waals surface area contributed by atoms with Crippen LogP contribution in [0.4, 0.5) is 8.78 Å². The number of thiophene rings is 1. The zero-order chi connectivity index (χ0) is 20.3. The average molecular weight is 434 g/mol. The predicted molar refractivity (Wildman–Crippen MR) is 95.4 cm³/mol. The maximum absolute atomic E-state index is 13.5. The number of hydrogen-bond acceptors (Lipinski definition) is 7. The number of carboxylic acids is 1.